The molecule has 0 saturated carbocycles. The zero-order chi connectivity index (χ0) is 15.0. The molecule has 1 aromatic rings. The third-order valence-electron chi connectivity index (χ3n) is 2.41. The van der Waals surface area contributed by atoms with E-state index in [2.05, 4.69) is 5.32 Å². The molecule has 0 radical (unpaired) electrons. The summed E-state index contributed by atoms with van der Waals surface area (Å²) in [5, 5.41) is 12.1. The van der Waals surface area contributed by atoms with Crippen molar-refractivity contribution in [3.8, 4) is 5.75 Å². The monoisotopic (exact) mass is 305 g/mol. The van der Waals surface area contributed by atoms with Crippen LogP contribution in [0.3, 0.4) is 0 Å². The number of aliphatic hydroxyl groups is 1. The Morgan fingerprint density at radius 2 is 2.30 bits per heavy atom. The number of methoxy groups -OCH3 is 1. The van der Waals surface area contributed by atoms with Crippen LogP contribution in [-0.4, -0.2) is 44.0 Å². The predicted molar refractivity (Wildman–Crippen MR) is 72.4 cm³/mol. The van der Waals surface area contributed by atoms with Crippen molar-refractivity contribution in [2.45, 2.75) is 12.5 Å². The van der Waals surface area contributed by atoms with Crippen molar-refractivity contribution >= 4 is 17.5 Å². The van der Waals surface area contributed by atoms with Gasteiger partial charge in [0.05, 0.1) is 17.7 Å². The lowest BCUT2D eigenvalue weighted by molar-refractivity contribution is -0.123. The second-order valence-corrected chi connectivity index (χ2v) is 4.52. The van der Waals surface area contributed by atoms with E-state index in [0.717, 1.165) is 6.07 Å². The van der Waals surface area contributed by atoms with Crippen LogP contribution in [0.1, 0.15) is 6.42 Å². The summed E-state index contributed by atoms with van der Waals surface area (Å²) < 4.78 is 22.7. The van der Waals surface area contributed by atoms with Gasteiger partial charge in [-0.2, -0.15) is 0 Å². The number of ether oxygens (including phenoxy) is 2. The summed E-state index contributed by atoms with van der Waals surface area (Å²) >= 11 is 5.75. The summed E-state index contributed by atoms with van der Waals surface area (Å²) in [6.45, 7) is 0.299. The molecule has 1 atom stereocenters. The number of aliphatic hydroxyl groups excluding tert-OH is 1. The molecule has 1 rings (SSSR count). The van der Waals surface area contributed by atoms with E-state index in [1.54, 1.807) is 0 Å². The molecular formula is C13H17ClFNO4. The topological polar surface area (TPSA) is 67.8 Å². The Bertz CT molecular complexity index is 444. The van der Waals surface area contributed by atoms with Crippen molar-refractivity contribution in [1.82, 2.24) is 5.32 Å². The second kappa shape index (κ2) is 8.73. The van der Waals surface area contributed by atoms with Crippen molar-refractivity contribution in [2.75, 3.05) is 26.9 Å². The maximum Gasteiger partial charge on any atom is 0.257 e. The summed E-state index contributed by atoms with van der Waals surface area (Å²) in [5.41, 5.74) is 0. The molecule has 0 aliphatic carbocycles. The van der Waals surface area contributed by atoms with Crippen LogP contribution in [0.5, 0.6) is 5.75 Å². The van der Waals surface area contributed by atoms with Crippen LogP contribution in [0.25, 0.3) is 0 Å². The SMILES string of the molecule is COCC(O)CCNC(=O)COc1ccc(F)cc1Cl. The van der Waals surface area contributed by atoms with Gasteiger partial charge in [0.25, 0.3) is 5.91 Å². The molecule has 2 N–H and O–H groups in total. The smallest absolute Gasteiger partial charge is 0.257 e. The summed E-state index contributed by atoms with van der Waals surface area (Å²) in [4.78, 5) is 11.5. The molecule has 5 nitrogen and oxygen atoms in total. The van der Waals surface area contributed by atoms with Gasteiger partial charge in [0, 0.05) is 13.7 Å². The van der Waals surface area contributed by atoms with Crippen molar-refractivity contribution < 1.29 is 23.8 Å². The molecule has 0 heterocycles. The van der Waals surface area contributed by atoms with Gasteiger partial charge in [-0.05, 0) is 24.6 Å². The number of carbonyl (C=O) groups is 1. The van der Waals surface area contributed by atoms with E-state index in [-0.39, 0.29) is 29.9 Å². The Labute approximate surface area is 121 Å². The molecule has 0 spiro atoms. The number of halogens is 2. The Hall–Kier alpha value is -1.37. The molecule has 1 aromatic carbocycles. The third kappa shape index (κ3) is 6.18. The van der Waals surface area contributed by atoms with Crippen LogP contribution in [0, 0.1) is 5.82 Å². The van der Waals surface area contributed by atoms with Gasteiger partial charge in [0.15, 0.2) is 6.61 Å². The zero-order valence-corrected chi connectivity index (χ0v) is 11.8. The van der Waals surface area contributed by atoms with Gasteiger partial charge in [0.2, 0.25) is 0 Å². The second-order valence-electron chi connectivity index (χ2n) is 4.11. The van der Waals surface area contributed by atoms with Gasteiger partial charge in [-0.1, -0.05) is 11.6 Å². The highest BCUT2D eigenvalue weighted by molar-refractivity contribution is 6.32. The summed E-state index contributed by atoms with van der Waals surface area (Å²) in [6.07, 6.45) is -0.232. The molecular weight excluding hydrogens is 289 g/mol. The van der Waals surface area contributed by atoms with E-state index in [9.17, 15) is 14.3 Å². The predicted octanol–water partition coefficient (Wildman–Crippen LogP) is 1.37. The summed E-state index contributed by atoms with van der Waals surface area (Å²) in [5.74, 6) is -0.587. The van der Waals surface area contributed by atoms with Crippen molar-refractivity contribution in [3.05, 3.63) is 29.0 Å². The fourth-order valence-corrected chi connectivity index (χ4v) is 1.66. The van der Waals surface area contributed by atoms with E-state index < -0.39 is 11.9 Å². The number of hydrogen-bond donors (Lipinski definition) is 2. The minimum atomic E-state index is -0.618. The average Bonchev–Trinajstić information content (AvgIpc) is 2.38. The molecule has 0 fully saturated rings. The van der Waals surface area contributed by atoms with Crippen LogP contribution in [0.2, 0.25) is 5.02 Å². The molecule has 7 heteroatoms. The van der Waals surface area contributed by atoms with Gasteiger partial charge in [-0.15, -0.1) is 0 Å². The first-order valence-corrected chi connectivity index (χ1v) is 6.42. The van der Waals surface area contributed by atoms with Crippen LogP contribution in [0.4, 0.5) is 4.39 Å². The van der Waals surface area contributed by atoms with Crippen molar-refractivity contribution in [1.29, 1.82) is 0 Å². The fourth-order valence-electron chi connectivity index (χ4n) is 1.44. The first-order valence-electron chi connectivity index (χ1n) is 6.04. The van der Waals surface area contributed by atoms with Gasteiger partial charge in [0.1, 0.15) is 11.6 Å². The van der Waals surface area contributed by atoms with Crippen LogP contribution in [-0.2, 0) is 9.53 Å². The fraction of sp³-hybridized carbons (Fsp3) is 0.462. The number of rotatable bonds is 8. The third-order valence-corrected chi connectivity index (χ3v) is 2.71. The number of amides is 1. The van der Waals surface area contributed by atoms with Gasteiger partial charge < -0.3 is 19.9 Å². The molecule has 0 saturated heterocycles. The van der Waals surface area contributed by atoms with Crippen molar-refractivity contribution in [2.24, 2.45) is 0 Å². The summed E-state index contributed by atoms with van der Waals surface area (Å²) in [7, 11) is 1.49. The molecule has 0 aliphatic rings. The van der Waals surface area contributed by atoms with Gasteiger partial charge in [-0.3, -0.25) is 4.79 Å². The van der Waals surface area contributed by atoms with Crippen LogP contribution < -0.4 is 10.1 Å². The highest BCUT2D eigenvalue weighted by Gasteiger charge is 2.08. The lowest BCUT2D eigenvalue weighted by Gasteiger charge is -2.11. The van der Waals surface area contributed by atoms with Gasteiger partial charge >= 0.3 is 0 Å². The molecule has 0 bridgehead atoms. The minimum absolute atomic E-state index is 0.105. The van der Waals surface area contributed by atoms with Crippen molar-refractivity contribution in [3.63, 3.8) is 0 Å². The number of benzene rings is 1. The minimum Gasteiger partial charge on any atom is -0.482 e. The highest BCUT2D eigenvalue weighted by Crippen LogP contribution is 2.24. The van der Waals surface area contributed by atoms with Gasteiger partial charge in [-0.25, -0.2) is 4.39 Å². The lowest BCUT2D eigenvalue weighted by atomic mass is 10.2. The Balaban J connectivity index is 2.26. The molecule has 0 aromatic heterocycles. The molecule has 1 unspecified atom stereocenters. The zero-order valence-electron chi connectivity index (χ0n) is 11.1. The van der Waals surface area contributed by atoms with Crippen LogP contribution >= 0.6 is 11.6 Å². The van der Waals surface area contributed by atoms with Crippen LogP contribution in [0.15, 0.2) is 18.2 Å². The van der Waals surface area contributed by atoms with E-state index in [1.165, 1.54) is 19.2 Å². The first-order chi connectivity index (χ1) is 9.52. The van der Waals surface area contributed by atoms with E-state index >= 15 is 0 Å². The quantitative estimate of drug-likeness (QED) is 0.761. The number of nitrogens with one attached hydrogen (secondary N) is 1. The standard InChI is InChI=1S/C13H17ClFNO4/c1-19-7-10(17)4-5-16-13(18)8-20-12-3-2-9(15)6-11(12)14/h2-3,6,10,17H,4-5,7-8H2,1H3,(H,16,18). The molecule has 0 aliphatic heterocycles. The number of hydrogen-bond acceptors (Lipinski definition) is 4. The van der Waals surface area contributed by atoms with E-state index in [0.29, 0.717) is 13.0 Å². The maximum absolute atomic E-state index is 12.8. The Morgan fingerprint density at radius 3 is 2.95 bits per heavy atom. The largest absolute Gasteiger partial charge is 0.482 e. The Morgan fingerprint density at radius 1 is 1.55 bits per heavy atom. The maximum atomic E-state index is 12.8. The normalized spacial score (nSPS) is 12.0. The summed E-state index contributed by atoms with van der Waals surface area (Å²) in [6, 6.07) is 3.66. The molecule has 112 valence electrons. The molecule has 20 heavy (non-hydrogen) atoms. The lowest BCUT2D eigenvalue weighted by Crippen LogP contribution is -2.32. The van der Waals surface area contributed by atoms with E-state index in [1.807, 2.05) is 0 Å². The average molecular weight is 306 g/mol. The number of carbonyl (C=O) groups excluding carboxylic acids is 1. The molecule has 1 amide bonds. The van der Waals surface area contributed by atoms with E-state index in [4.69, 9.17) is 21.1 Å². The highest BCUT2D eigenvalue weighted by atomic mass is 35.5. The first kappa shape index (κ1) is 16.7. The Kier molecular flexibility index (Phi) is 7.28.